The van der Waals surface area contributed by atoms with Crippen LogP contribution < -0.4 is 10.2 Å². The summed E-state index contributed by atoms with van der Waals surface area (Å²) in [6.45, 7) is 4.84. The zero-order valence-corrected chi connectivity index (χ0v) is 16.4. The van der Waals surface area contributed by atoms with Crippen LogP contribution in [-0.4, -0.2) is 47.0 Å². The van der Waals surface area contributed by atoms with Crippen LogP contribution in [0.2, 0.25) is 0 Å². The molecule has 2 aromatic heterocycles. The van der Waals surface area contributed by atoms with Gasteiger partial charge in [0.15, 0.2) is 0 Å². The molecule has 3 heterocycles. The summed E-state index contributed by atoms with van der Waals surface area (Å²) in [5.74, 6) is 0.921. The second-order valence-electron chi connectivity index (χ2n) is 7.23. The fourth-order valence-electron chi connectivity index (χ4n) is 3.51. The molecule has 1 aromatic carbocycles. The van der Waals surface area contributed by atoms with Gasteiger partial charge >= 0.3 is 0 Å². The van der Waals surface area contributed by atoms with E-state index in [1.54, 1.807) is 6.20 Å². The monoisotopic (exact) mass is 387 g/mol. The molecule has 4 rings (SSSR count). The van der Waals surface area contributed by atoms with E-state index in [-0.39, 0.29) is 5.91 Å². The SMILES string of the molecule is O=C(Cc1ccccc1)Nc1ccc(N2CCN(Cc3ccncc3)CC2)nc1. The molecule has 0 aliphatic carbocycles. The fourth-order valence-corrected chi connectivity index (χ4v) is 3.51. The number of amides is 1. The molecule has 1 amide bonds. The largest absolute Gasteiger partial charge is 0.354 e. The van der Waals surface area contributed by atoms with E-state index in [9.17, 15) is 4.79 Å². The molecule has 0 saturated carbocycles. The van der Waals surface area contributed by atoms with Crippen molar-refractivity contribution >= 4 is 17.4 Å². The Kier molecular flexibility index (Phi) is 6.12. The van der Waals surface area contributed by atoms with Crippen molar-refractivity contribution in [3.8, 4) is 0 Å². The second-order valence-corrected chi connectivity index (χ2v) is 7.23. The minimum absolute atomic E-state index is 0.0320. The van der Waals surface area contributed by atoms with Gasteiger partial charge in [0.05, 0.1) is 18.3 Å². The maximum atomic E-state index is 12.2. The van der Waals surface area contributed by atoms with Crippen molar-refractivity contribution in [2.24, 2.45) is 0 Å². The summed E-state index contributed by atoms with van der Waals surface area (Å²) in [6, 6.07) is 17.8. The molecule has 6 nitrogen and oxygen atoms in total. The smallest absolute Gasteiger partial charge is 0.228 e. The van der Waals surface area contributed by atoms with Gasteiger partial charge < -0.3 is 10.2 Å². The van der Waals surface area contributed by atoms with Gasteiger partial charge in [-0.05, 0) is 35.4 Å². The first kappa shape index (κ1) is 19.1. The second kappa shape index (κ2) is 9.30. The molecule has 6 heteroatoms. The zero-order valence-electron chi connectivity index (χ0n) is 16.4. The molecule has 1 N–H and O–H groups in total. The molecule has 1 aliphatic heterocycles. The van der Waals surface area contributed by atoms with Gasteiger partial charge in [-0.15, -0.1) is 0 Å². The van der Waals surface area contributed by atoms with Gasteiger partial charge in [-0.3, -0.25) is 14.7 Å². The number of carbonyl (C=O) groups is 1. The quantitative estimate of drug-likeness (QED) is 0.705. The van der Waals surface area contributed by atoms with Crippen molar-refractivity contribution in [2.45, 2.75) is 13.0 Å². The fraction of sp³-hybridized carbons (Fsp3) is 0.261. The van der Waals surface area contributed by atoms with Crippen LogP contribution in [0, 0.1) is 0 Å². The number of nitrogens with one attached hydrogen (secondary N) is 1. The number of aromatic nitrogens is 2. The van der Waals surface area contributed by atoms with E-state index < -0.39 is 0 Å². The Morgan fingerprint density at radius 3 is 2.34 bits per heavy atom. The van der Waals surface area contributed by atoms with Crippen molar-refractivity contribution in [2.75, 3.05) is 36.4 Å². The van der Waals surface area contributed by atoms with Crippen LogP contribution in [0.3, 0.4) is 0 Å². The number of rotatable bonds is 6. The first-order valence-electron chi connectivity index (χ1n) is 9.92. The molecule has 1 aliphatic rings. The van der Waals surface area contributed by atoms with Crippen molar-refractivity contribution in [3.63, 3.8) is 0 Å². The number of pyridine rings is 2. The zero-order chi connectivity index (χ0) is 19.9. The number of anilines is 2. The molecular weight excluding hydrogens is 362 g/mol. The van der Waals surface area contributed by atoms with E-state index in [0.717, 1.165) is 49.8 Å². The summed E-state index contributed by atoms with van der Waals surface area (Å²) in [5, 5.41) is 2.92. The minimum Gasteiger partial charge on any atom is -0.354 e. The summed E-state index contributed by atoms with van der Waals surface area (Å²) < 4.78 is 0. The van der Waals surface area contributed by atoms with E-state index in [1.807, 2.05) is 54.9 Å². The molecule has 1 fully saturated rings. The summed E-state index contributed by atoms with van der Waals surface area (Å²) in [5.41, 5.74) is 3.02. The Hall–Kier alpha value is -3.25. The van der Waals surface area contributed by atoms with Gasteiger partial charge in [-0.2, -0.15) is 0 Å². The van der Waals surface area contributed by atoms with E-state index in [0.29, 0.717) is 6.42 Å². The van der Waals surface area contributed by atoms with Crippen LogP contribution in [0.4, 0.5) is 11.5 Å². The normalized spacial score (nSPS) is 14.6. The van der Waals surface area contributed by atoms with Gasteiger partial charge in [0, 0.05) is 45.1 Å². The van der Waals surface area contributed by atoms with E-state index >= 15 is 0 Å². The van der Waals surface area contributed by atoms with Crippen molar-refractivity contribution in [3.05, 3.63) is 84.3 Å². The number of hydrogen-bond acceptors (Lipinski definition) is 5. The standard InChI is InChI=1S/C23H25N5O/c29-23(16-19-4-2-1-3-5-19)26-21-6-7-22(25-17-21)28-14-12-27(13-15-28)18-20-8-10-24-11-9-20/h1-11,17H,12-16,18H2,(H,26,29). The minimum atomic E-state index is -0.0320. The lowest BCUT2D eigenvalue weighted by atomic mass is 10.1. The van der Waals surface area contributed by atoms with Crippen LogP contribution in [0.1, 0.15) is 11.1 Å². The highest BCUT2D eigenvalue weighted by Gasteiger charge is 2.18. The van der Waals surface area contributed by atoms with Gasteiger partial charge in [-0.25, -0.2) is 4.98 Å². The van der Waals surface area contributed by atoms with Crippen LogP contribution in [0.15, 0.2) is 73.2 Å². The highest BCUT2D eigenvalue weighted by molar-refractivity contribution is 5.92. The van der Waals surface area contributed by atoms with Crippen molar-refractivity contribution in [1.29, 1.82) is 0 Å². The maximum absolute atomic E-state index is 12.2. The van der Waals surface area contributed by atoms with Crippen LogP contribution >= 0.6 is 0 Å². The number of nitrogens with zero attached hydrogens (tertiary/aromatic N) is 4. The lowest BCUT2D eigenvalue weighted by Crippen LogP contribution is -2.46. The molecule has 1 saturated heterocycles. The molecule has 0 unspecified atom stereocenters. The van der Waals surface area contributed by atoms with Gasteiger partial charge in [0.1, 0.15) is 5.82 Å². The van der Waals surface area contributed by atoms with Gasteiger partial charge in [0.25, 0.3) is 0 Å². The van der Waals surface area contributed by atoms with Crippen molar-refractivity contribution < 1.29 is 4.79 Å². The summed E-state index contributed by atoms with van der Waals surface area (Å²) in [7, 11) is 0. The Morgan fingerprint density at radius 2 is 1.66 bits per heavy atom. The summed E-state index contributed by atoms with van der Waals surface area (Å²) >= 11 is 0. The van der Waals surface area contributed by atoms with E-state index in [2.05, 4.69) is 37.2 Å². The topological polar surface area (TPSA) is 61.4 Å². The molecule has 0 bridgehead atoms. The van der Waals surface area contributed by atoms with Crippen LogP contribution in [0.25, 0.3) is 0 Å². The Labute approximate surface area is 171 Å². The average Bonchev–Trinajstić information content (AvgIpc) is 2.76. The molecular formula is C23H25N5O. The third-order valence-corrected chi connectivity index (χ3v) is 5.09. The third-order valence-electron chi connectivity index (χ3n) is 5.09. The lowest BCUT2D eigenvalue weighted by Gasteiger charge is -2.35. The number of piperazine rings is 1. The Balaban J connectivity index is 1.27. The number of benzene rings is 1. The van der Waals surface area contributed by atoms with Crippen LogP contribution in [-0.2, 0) is 17.8 Å². The summed E-state index contributed by atoms with van der Waals surface area (Å²) in [6.07, 6.45) is 5.79. The first-order valence-corrected chi connectivity index (χ1v) is 9.92. The molecule has 0 atom stereocenters. The lowest BCUT2D eigenvalue weighted by molar-refractivity contribution is -0.115. The molecule has 0 spiro atoms. The molecule has 29 heavy (non-hydrogen) atoms. The Bertz CT molecular complexity index is 907. The first-order chi connectivity index (χ1) is 14.3. The number of hydrogen-bond donors (Lipinski definition) is 1. The average molecular weight is 387 g/mol. The van der Waals surface area contributed by atoms with E-state index in [4.69, 9.17) is 0 Å². The summed E-state index contributed by atoms with van der Waals surface area (Å²) in [4.78, 5) is 25.6. The van der Waals surface area contributed by atoms with Crippen molar-refractivity contribution in [1.82, 2.24) is 14.9 Å². The molecule has 3 aromatic rings. The highest BCUT2D eigenvalue weighted by atomic mass is 16.1. The van der Waals surface area contributed by atoms with Crippen LogP contribution in [0.5, 0.6) is 0 Å². The molecule has 0 radical (unpaired) electrons. The predicted molar refractivity (Wildman–Crippen MR) is 115 cm³/mol. The number of carbonyl (C=O) groups excluding carboxylic acids is 1. The maximum Gasteiger partial charge on any atom is 0.228 e. The van der Waals surface area contributed by atoms with E-state index in [1.165, 1.54) is 5.56 Å². The van der Waals surface area contributed by atoms with Gasteiger partial charge in [-0.1, -0.05) is 30.3 Å². The molecule has 148 valence electrons. The highest BCUT2D eigenvalue weighted by Crippen LogP contribution is 2.17. The van der Waals surface area contributed by atoms with Gasteiger partial charge in [0.2, 0.25) is 5.91 Å². The Morgan fingerprint density at radius 1 is 0.897 bits per heavy atom. The third kappa shape index (κ3) is 5.39. The predicted octanol–water partition coefficient (Wildman–Crippen LogP) is 2.98.